The van der Waals surface area contributed by atoms with E-state index in [1.807, 2.05) is 0 Å². The van der Waals surface area contributed by atoms with Gasteiger partial charge in [-0.1, -0.05) is 12.1 Å². The molecule has 1 aromatic carbocycles. The molecular formula is C17H26FN5O3S. The van der Waals surface area contributed by atoms with Crippen LogP contribution in [0.4, 0.5) is 4.39 Å². The summed E-state index contributed by atoms with van der Waals surface area (Å²) in [7, 11) is -3.12. The largest absolute Gasteiger partial charge is 0.353 e. The van der Waals surface area contributed by atoms with E-state index in [4.69, 9.17) is 0 Å². The molecule has 0 saturated carbocycles. The Labute approximate surface area is 159 Å². The number of halogens is 1. The van der Waals surface area contributed by atoms with E-state index in [1.165, 1.54) is 22.7 Å². The number of rotatable bonds is 6. The Morgan fingerprint density at radius 1 is 1.19 bits per heavy atom. The van der Waals surface area contributed by atoms with Crippen LogP contribution in [0.2, 0.25) is 0 Å². The zero-order valence-corrected chi connectivity index (χ0v) is 16.1. The van der Waals surface area contributed by atoms with Gasteiger partial charge in [0, 0.05) is 45.3 Å². The molecule has 150 valence electrons. The summed E-state index contributed by atoms with van der Waals surface area (Å²) in [6, 6.07) is 5.87. The number of benzene rings is 1. The third-order valence-corrected chi connectivity index (χ3v) is 6.32. The molecule has 10 heteroatoms. The van der Waals surface area contributed by atoms with Gasteiger partial charge in [0.25, 0.3) is 0 Å². The van der Waals surface area contributed by atoms with Crippen molar-refractivity contribution < 1.29 is 17.6 Å². The van der Waals surface area contributed by atoms with Crippen LogP contribution in [0, 0.1) is 5.82 Å². The van der Waals surface area contributed by atoms with E-state index >= 15 is 0 Å². The minimum Gasteiger partial charge on any atom is -0.353 e. The lowest BCUT2D eigenvalue weighted by atomic mass is 10.0. The fourth-order valence-electron chi connectivity index (χ4n) is 3.39. The Bertz CT molecular complexity index is 750. The van der Waals surface area contributed by atoms with Crippen molar-refractivity contribution in [3.63, 3.8) is 0 Å². The molecule has 0 bridgehead atoms. The van der Waals surface area contributed by atoms with Crippen molar-refractivity contribution in [1.82, 2.24) is 25.4 Å². The fraction of sp³-hybridized carbons (Fsp3) is 0.588. The number of carbonyl (C=O) groups is 1. The summed E-state index contributed by atoms with van der Waals surface area (Å²) in [5.41, 5.74) is 7.00. The number of piperazine rings is 1. The van der Waals surface area contributed by atoms with Crippen molar-refractivity contribution in [2.24, 2.45) is 0 Å². The van der Waals surface area contributed by atoms with Gasteiger partial charge in [-0.15, -0.1) is 0 Å². The highest BCUT2D eigenvalue weighted by Gasteiger charge is 2.30. The third-order valence-electron chi connectivity index (χ3n) is 5.02. The molecule has 2 aliphatic heterocycles. The van der Waals surface area contributed by atoms with Gasteiger partial charge >= 0.3 is 0 Å². The van der Waals surface area contributed by atoms with Gasteiger partial charge in [0.05, 0.1) is 6.26 Å². The molecule has 3 rings (SSSR count). The van der Waals surface area contributed by atoms with Crippen LogP contribution in [0.3, 0.4) is 0 Å². The van der Waals surface area contributed by atoms with Gasteiger partial charge in [0.2, 0.25) is 15.9 Å². The first-order valence-electron chi connectivity index (χ1n) is 9.04. The molecular weight excluding hydrogens is 373 g/mol. The van der Waals surface area contributed by atoms with Crippen LogP contribution in [-0.2, 0) is 14.8 Å². The molecule has 0 spiro atoms. The molecule has 2 aliphatic rings. The highest BCUT2D eigenvalue weighted by molar-refractivity contribution is 7.88. The van der Waals surface area contributed by atoms with Gasteiger partial charge in [-0.3, -0.25) is 9.69 Å². The number of hydrogen-bond acceptors (Lipinski definition) is 6. The summed E-state index contributed by atoms with van der Waals surface area (Å²) < 4.78 is 37.5. The number of hydrogen-bond donors (Lipinski definition) is 3. The fourth-order valence-corrected chi connectivity index (χ4v) is 4.21. The van der Waals surface area contributed by atoms with Crippen molar-refractivity contribution in [2.75, 3.05) is 45.5 Å². The predicted octanol–water partition coefficient (Wildman–Crippen LogP) is -0.573. The van der Waals surface area contributed by atoms with Crippen molar-refractivity contribution in [2.45, 2.75) is 18.5 Å². The molecule has 1 amide bonds. The average Bonchev–Trinajstić information content (AvgIpc) is 3.12. The molecule has 2 unspecified atom stereocenters. The Morgan fingerprint density at radius 3 is 2.48 bits per heavy atom. The Morgan fingerprint density at radius 2 is 1.85 bits per heavy atom. The van der Waals surface area contributed by atoms with E-state index in [2.05, 4.69) is 21.1 Å². The highest BCUT2D eigenvalue weighted by atomic mass is 32.2. The number of nitrogens with zero attached hydrogens (tertiary/aromatic N) is 2. The van der Waals surface area contributed by atoms with Crippen molar-refractivity contribution in [3.05, 3.63) is 35.6 Å². The van der Waals surface area contributed by atoms with Crippen molar-refractivity contribution >= 4 is 15.9 Å². The summed E-state index contributed by atoms with van der Waals surface area (Å²) >= 11 is 0. The van der Waals surface area contributed by atoms with E-state index in [0.717, 1.165) is 5.56 Å². The van der Waals surface area contributed by atoms with Crippen molar-refractivity contribution in [1.29, 1.82) is 0 Å². The standard InChI is InChI=1S/C17H26FN5O3S/c1-27(25,26)23-10-8-22(9-11-23)7-6-19-17(24)16-12-15(20-21-16)13-2-4-14(18)5-3-13/h2-5,15-16,20-21H,6-12H2,1H3,(H,19,24). The Kier molecular flexibility index (Phi) is 6.43. The predicted molar refractivity (Wildman–Crippen MR) is 99.7 cm³/mol. The Balaban J connectivity index is 1.37. The molecule has 0 aliphatic carbocycles. The van der Waals surface area contributed by atoms with E-state index in [-0.39, 0.29) is 23.8 Å². The van der Waals surface area contributed by atoms with Gasteiger partial charge in [-0.2, -0.15) is 4.31 Å². The van der Waals surface area contributed by atoms with Crippen LogP contribution in [0.1, 0.15) is 18.0 Å². The third kappa shape index (κ3) is 5.45. The first-order chi connectivity index (χ1) is 12.8. The average molecular weight is 399 g/mol. The summed E-state index contributed by atoms with van der Waals surface area (Å²) in [6.07, 6.45) is 1.81. The number of nitrogens with one attached hydrogen (secondary N) is 3. The quantitative estimate of drug-likeness (QED) is 0.593. The maximum absolute atomic E-state index is 13.0. The van der Waals surface area contributed by atoms with Crippen LogP contribution in [0.25, 0.3) is 0 Å². The van der Waals surface area contributed by atoms with Gasteiger partial charge < -0.3 is 5.32 Å². The molecule has 3 N–H and O–H groups in total. The molecule has 2 heterocycles. The number of carbonyl (C=O) groups excluding carboxylic acids is 1. The molecule has 0 aromatic heterocycles. The molecule has 2 atom stereocenters. The SMILES string of the molecule is CS(=O)(=O)N1CCN(CCNC(=O)C2CC(c3ccc(F)cc3)NN2)CC1. The first kappa shape index (κ1) is 20.2. The number of amides is 1. The van der Waals surface area contributed by atoms with Crippen LogP contribution >= 0.6 is 0 Å². The minimum atomic E-state index is -3.12. The van der Waals surface area contributed by atoms with E-state index in [0.29, 0.717) is 45.7 Å². The summed E-state index contributed by atoms with van der Waals surface area (Å²) in [6.45, 7) is 3.50. The molecule has 27 heavy (non-hydrogen) atoms. The monoisotopic (exact) mass is 399 g/mol. The Hall–Kier alpha value is -1.59. The number of sulfonamides is 1. The maximum atomic E-state index is 13.0. The lowest BCUT2D eigenvalue weighted by Crippen LogP contribution is -2.51. The number of hydrazine groups is 1. The zero-order chi connectivity index (χ0) is 19.4. The topological polar surface area (TPSA) is 93.8 Å². The summed E-state index contributed by atoms with van der Waals surface area (Å²) in [5.74, 6) is -0.363. The van der Waals surface area contributed by atoms with Crippen LogP contribution in [0.15, 0.2) is 24.3 Å². The molecule has 8 nitrogen and oxygen atoms in total. The van der Waals surface area contributed by atoms with Crippen LogP contribution in [-0.4, -0.2) is 75.1 Å². The first-order valence-corrected chi connectivity index (χ1v) is 10.9. The molecule has 2 fully saturated rings. The molecule has 0 radical (unpaired) electrons. The second-order valence-electron chi connectivity index (χ2n) is 6.98. The lowest BCUT2D eigenvalue weighted by Gasteiger charge is -2.33. The van der Waals surface area contributed by atoms with E-state index < -0.39 is 10.0 Å². The smallest absolute Gasteiger partial charge is 0.238 e. The van der Waals surface area contributed by atoms with Gasteiger partial charge in [0.15, 0.2) is 0 Å². The second-order valence-corrected chi connectivity index (χ2v) is 8.96. The molecule has 2 saturated heterocycles. The van der Waals surface area contributed by atoms with Gasteiger partial charge in [-0.25, -0.2) is 23.7 Å². The molecule has 1 aromatic rings. The normalized spacial score (nSPS) is 24.8. The van der Waals surface area contributed by atoms with Crippen LogP contribution in [0.5, 0.6) is 0 Å². The minimum absolute atomic E-state index is 0.0366. The highest BCUT2D eigenvalue weighted by Crippen LogP contribution is 2.22. The van der Waals surface area contributed by atoms with E-state index in [1.54, 1.807) is 12.1 Å². The summed E-state index contributed by atoms with van der Waals surface area (Å²) in [4.78, 5) is 14.5. The maximum Gasteiger partial charge on any atom is 0.238 e. The zero-order valence-electron chi connectivity index (χ0n) is 15.3. The van der Waals surface area contributed by atoms with E-state index in [9.17, 15) is 17.6 Å². The summed E-state index contributed by atoms with van der Waals surface area (Å²) in [5, 5.41) is 2.92. The van der Waals surface area contributed by atoms with Gasteiger partial charge in [-0.05, 0) is 24.1 Å². The van der Waals surface area contributed by atoms with Crippen LogP contribution < -0.4 is 16.2 Å². The lowest BCUT2D eigenvalue weighted by molar-refractivity contribution is -0.122. The van der Waals surface area contributed by atoms with Gasteiger partial charge in [0.1, 0.15) is 11.9 Å². The van der Waals surface area contributed by atoms with Crippen molar-refractivity contribution in [3.8, 4) is 0 Å². The second kappa shape index (κ2) is 8.61.